The van der Waals surface area contributed by atoms with Gasteiger partial charge in [-0.15, -0.1) is 0 Å². The lowest BCUT2D eigenvalue weighted by molar-refractivity contribution is 0.415. The number of anilines is 1. The number of nitrogens with zero attached hydrogens (tertiary/aromatic N) is 5. The molecular weight excluding hydrogens is 422 g/mol. The summed E-state index contributed by atoms with van der Waals surface area (Å²) in [6.45, 7) is 0.385. The molecule has 2 N–H and O–H groups in total. The lowest BCUT2D eigenvalue weighted by atomic mass is 10.3. The van der Waals surface area contributed by atoms with Gasteiger partial charge in [-0.3, -0.25) is 4.21 Å². The maximum atomic E-state index is 11.8. The molecule has 0 aliphatic carbocycles. The van der Waals surface area contributed by atoms with E-state index in [2.05, 4.69) is 46.3 Å². The van der Waals surface area contributed by atoms with Gasteiger partial charge in [0.15, 0.2) is 5.65 Å². The van der Waals surface area contributed by atoms with E-state index in [1.165, 1.54) is 6.26 Å². The molecule has 0 saturated carbocycles. The molecule has 0 amide bonds. The largest absolute Gasteiger partial charge is 0.497 e. The normalized spacial score (nSPS) is 12.6. The standard InChI is InChI=1S/C15H14BrN7O2S/c1-25-8-3-4-10-11(5-8)20-12(19-10)7-17-14-22-15(26(2)24)21-13-9(16)6-18-23(13)14/h3-6H,7H2,1-2H3,(H,19,20)(H,17,21,22). The summed E-state index contributed by atoms with van der Waals surface area (Å²) in [5, 5.41) is 7.64. The van der Waals surface area contributed by atoms with E-state index in [4.69, 9.17) is 4.74 Å². The summed E-state index contributed by atoms with van der Waals surface area (Å²) in [6, 6.07) is 5.64. The number of H-pyrrole nitrogens is 1. The Morgan fingerprint density at radius 1 is 1.35 bits per heavy atom. The van der Waals surface area contributed by atoms with Crippen molar-refractivity contribution in [2.75, 3.05) is 18.7 Å². The van der Waals surface area contributed by atoms with E-state index in [1.807, 2.05) is 18.2 Å². The second-order valence-corrected chi connectivity index (χ2v) is 7.56. The minimum absolute atomic E-state index is 0.232. The lowest BCUT2D eigenvalue weighted by Gasteiger charge is -2.07. The molecule has 3 heterocycles. The van der Waals surface area contributed by atoms with Gasteiger partial charge in [-0.2, -0.15) is 19.6 Å². The average molecular weight is 436 g/mol. The molecule has 0 bridgehead atoms. The van der Waals surface area contributed by atoms with E-state index in [9.17, 15) is 4.21 Å². The fourth-order valence-electron chi connectivity index (χ4n) is 2.49. The number of hydrogen-bond donors (Lipinski definition) is 2. The fourth-order valence-corrected chi connectivity index (χ4v) is 3.27. The van der Waals surface area contributed by atoms with Gasteiger partial charge in [-0.05, 0) is 28.1 Å². The highest BCUT2D eigenvalue weighted by Gasteiger charge is 2.14. The van der Waals surface area contributed by atoms with Crippen LogP contribution in [0.3, 0.4) is 0 Å². The number of nitrogens with one attached hydrogen (secondary N) is 2. The molecule has 134 valence electrons. The molecule has 4 rings (SSSR count). The zero-order valence-electron chi connectivity index (χ0n) is 13.9. The van der Waals surface area contributed by atoms with Gasteiger partial charge >= 0.3 is 0 Å². The van der Waals surface area contributed by atoms with Gasteiger partial charge in [0.1, 0.15) is 11.6 Å². The van der Waals surface area contributed by atoms with Crippen LogP contribution in [-0.2, 0) is 17.3 Å². The average Bonchev–Trinajstić information content (AvgIpc) is 3.22. The molecule has 0 aliphatic rings. The molecule has 4 aromatic rings. The molecule has 1 atom stereocenters. The van der Waals surface area contributed by atoms with Crippen LogP contribution in [0.2, 0.25) is 0 Å². The van der Waals surface area contributed by atoms with Crippen LogP contribution in [0.15, 0.2) is 34.0 Å². The van der Waals surface area contributed by atoms with Crippen molar-refractivity contribution in [1.82, 2.24) is 29.5 Å². The Kier molecular flexibility index (Phi) is 4.32. The van der Waals surface area contributed by atoms with Crippen LogP contribution in [0.4, 0.5) is 5.95 Å². The monoisotopic (exact) mass is 435 g/mol. The van der Waals surface area contributed by atoms with Crippen molar-refractivity contribution in [3.05, 3.63) is 34.7 Å². The van der Waals surface area contributed by atoms with Gasteiger partial charge < -0.3 is 15.0 Å². The van der Waals surface area contributed by atoms with Crippen LogP contribution in [0.25, 0.3) is 16.7 Å². The van der Waals surface area contributed by atoms with Crippen LogP contribution >= 0.6 is 15.9 Å². The zero-order valence-corrected chi connectivity index (χ0v) is 16.3. The summed E-state index contributed by atoms with van der Waals surface area (Å²) in [5.41, 5.74) is 2.26. The number of aromatic amines is 1. The molecule has 0 aliphatic heterocycles. The number of halogens is 1. The molecule has 0 saturated heterocycles. The number of methoxy groups -OCH3 is 1. The first-order valence-electron chi connectivity index (χ1n) is 7.56. The van der Waals surface area contributed by atoms with Gasteiger partial charge in [-0.25, -0.2) is 4.98 Å². The summed E-state index contributed by atoms with van der Waals surface area (Å²) in [4.78, 5) is 16.3. The number of imidazole rings is 1. The second-order valence-electron chi connectivity index (χ2n) is 5.43. The quantitative estimate of drug-likeness (QED) is 0.493. The van der Waals surface area contributed by atoms with Gasteiger partial charge in [0.25, 0.3) is 0 Å². The third-order valence-corrected chi connectivity index (χ3v) is 4.97. The second kappa shape index (κ2) is 6.65. The first-order chi connectivity index (χ1) is 12.5. The Bertz CT molecular complexity index is 1140. The van der Waals surface area contributed by atoms with Crippen molar-refractivity contribution in [2.45, 2.75) is 11.7 Å². The maximum Gasteiger partial charge on any atom is 0.228 e. The number of ether oxygens (including phenoxy) is 1. The Labute approximate surface area is 158 Å². The third-order valence-electron chi connectivity index (χ3n) is 3.71. The van der Waals surface area contributed by atoms with Gasteiger partial charge in [0.05, 0.1) is 46.2 Å². The Balaban J connectivity index is 1.66. The van der Waals surface area contributed by atoms with Crippen LogP contribution < -0.4 is 10.1 Å². The molecular formula is C15H14BrN7O2S. The van der Waals surface area contributed by atoms with Crippen molar-refractivity contribution in [3.63, 3.8) is 0 Å². The number of hydrogen-bond acceptors (Lipinski definition) is 7. The smallest absolute Gasteiger partial charge is 0.228 e. The summed E-state index contributed by atoms with van der Waals surface area (Å²) in [6.07, 6.45) is 3.15. The molecule has 0 spiro atoms. The van der Waals surface area contributed by atoms with Crippen LogP contribution in [0.1, 0.15) is 5.82 Å². The third kappa shape index (κ3) is 3.03. The molecule has 0 fully saturated rings. The molecule has 3 aromatic heterocycles. The first kappa shape index (κ1) is 16.9. The van der Waals surface area contributed by atoms with E-state index in [-0.39, 0.29) is 5.16 Å². The van der Waals surface area contributed by atoms with Crippen LogP contribution in [0, 0.1) is 0 Å². The van der Waals surface area contributed by atoms with E-state index in [0.717, 1.165) is 22.6 Å². The fraction of sp³-hybridized carbons (Fsp3) is 0.200. The number of fused-ring (bicyclic) bond motifs is 2. The van der Waals surface area contributed by atoms with E-state index >= 15 is 0 Å². The van der Waals surface area contributed by atoms with Gasteiger partial charge in [-0.1, -0.05) is 0 Å². The molecule has 1 aromatic carbocycles. The van der Waals surface area contributed by atoms with Crippen LogP contribution in [0.5, 0.6) is 5.75 Å². The minimum Gasteiger partial charge on any atom is -0.497 e. The number of aromatic nitrogens is 6. The highest BCUT2D eigenvalue weighted by Crippen LogP contribution is 2.21. The van der Waals surface area contributed by atoms with Gasteiger partial charge in [0.2, 0.25) is 11.1 Å². The molecule has 0 radical (unpaired) electrons. The number of benzene rings is 1. The van der Waals surface area contributed by atoms with Crippen molar-refractivity contribution in [3.8, 4) is 5.75 Å². The van der Waals surface area contributed by atoms with Gasteiger partial charge in [0, 0.05) is 12.3 Å². The highest BCUT2D eigenvalue weighted by molar-refractivity contribution is 9.10. The van der Waals surface area contributed by atoms with Crippen molar-refractivity contribution in [1.29, 1.82) is 0 Å². The maximum absolute atomic E-state index is 11.8. The summed E-state index contributed by atoms with van der Waals surface area (Å²) in [5.74, 6) is 1.92. The van der Waals surface area contributed by atoms with E-state index in [0.29, 0.717) is 22.6 Å². The lowest BCUT2D eigenvalue weighted by Crippen LogP contribution is -2.12. The predicted octanol–water partition coefficient (Wildman–Crippen LogP) is 2.12. The molecule has 1 unspecified atom stereocenters. The predicted molar refractivity (Wildman–Crippen MR) is 101 cm³/mol. The van der Waals surface area contributed by atoms with Crippen molar-refractivity contribution in [2.24, 2.45) is 0 Å². The summed E-state index contributed by atoms with van der Waals surface area (Å²) in [7, 11) is 0.309. The number of rotatable bonds is 5. The molecule has 9 nitrogen and oxygen atoms in total. The van der Waals surface area contributed by atoms with Crippen molar-refractivity contribution >= 4 is 49.4 Å². The summed E-state index contributed by atoms with van der Waals surface area (Å²) >= 11 is 3.39. The Hall–Kier alpha value is -2.53. The van der Waals surface area contributed by atoms with E-state index < -0.39 is 10.8 Å². The highest BCUT2D eigenvalue weighted by atomic mass is 79.9. The van der Waals surface area contributed by atoms with Crippen molar-refractivity contribution < 1.29 is 8.95 Å². The first-order valence-corrected chi connectivity index (χ1v) is 9.91. The SMILES string of the molecule is COc1ccc2nc(CNc3nc(S(C)=O)nc4c(Br)cnn34)[nH]c2c1. The Morgan fingerprint density at radius 3 is 2.96 bits per heavy atom. The summed E-state index contributed by atoms with van der Waals surface area (Å²) < 4.78 is 19.3. The molecule has 11 heteroatoms. The minimum atomic E-state index is -1.31. The van der Waals surface area contributed by atoms with E-state index in [1.54, 1.807) is 17.8 Å². The Morgan fingerprint density at radius 2 is 2.19 bits per heavy atom. The molecule has 26 heavy (non-hydrogen) atoms. The van der Waals surface area contributed by atoms with Crippen LogP contribution in [-0.4, -0.2) is 47.1 Å². The zero-order chi connectivity index (χ0) is 18.3. The topological polar surface area (TPSA) is 110 Å².